The highest BCUT2D eigenvalue weighted by molar-refractivity contribution is 7.91. The van der Waals surface area contributed by atoms with Crippen LogP contribution in [0.4, 0.5) is 0 Å². The van der Waals surface area contributed by atoms with Gasteiger partial charge in [-0.25, -0.2) is 13.2 Å². The van der Waals surface area contributed by atoms with Gasteiger partial charge in [-0.15, -0.1) is 0 Å². The predicted octanol–water partition coefficient (Wildman–Crippen LogP) is 3.39. The van der Waals surface area contributed by atoms with Gasteiger partial charge in [0.15, 0.2) is 16.4 Å². The van der Waals surface area contributed by atoms with E-state index in [0.717, 1.165) is 11.1 Å². The van der Waals surface area contributed by atoms with Crippen LogP contribution in [0.25, 0.3) is 0 Å². The number of carboxylic acid groups (broad SMARTS) is 1. The second kappa shape index (κ2) is 9.59. The van der Waals surface area contributed by atoms with Crippen molar-refractivity contribution in [2.24, 2.45) is 0 Å². The van der Waals surface area contributed by atoms with Crippen LogP contribution in [-0.4, -0.2) is 37.6 Å². The quantitative estimate of drug-likeness (QED) is 0.665. The van der Waals surface area contributed by atoms with Gasteiger partial charge in [0.05, 0.1) is 11.5 Å². The summed E-state index contributed by atoms with van der Waals surface area (Å²) >= 11 is 5.82. The third kappa shape index (κ3) is 7.45. The van der Waals surface area contributed by atoms with Crippen molar-refractivity contribution in [1.82, 2.24) is 0 Å². The first-order chi connectivity index (χ1) is 12.3. The molecule has 0 bridgehead atoms. The van der Waals surface area contributed by atoms with E-state index in [-0.39, 0.29) is 18.1 Å². The molecule has 26 heavy (non-hydrogen) atoms. The highest BCUT2D eigenvalue weighted by Crippen LogP contribution is 2.14. The van der Waals surface area contributed by atoms with E-state index >= 15 is 0 Å². The third-order valence-corrected chi connectivity index (χ3v) is 5.81. The molecule has 0 aliphatic rings. The number of aliphatic carboxylic acids is 1. The van der Waals surface area contributed by atoms with Gasteiger partial charge in [-0.3, -0.25) is 0 Å². The molecule has 2 rings (SSSR count). The molecular formula is C19H21ClO5S. The van der Waals surface area contributed by atoms with Crippen LogP contribution in [0.1, 0.15) is 17.5 Å². The maximum absolute atomic E-state index is 12.2. The van der Waals surface area contributed by atoms with Crippen LogP contribution in [0.3, 0.4) is 0 Å². The smallest absolute Gasteiger partial charge is 0.341 e. The van der Waals surface area contributed by atoms with Crippen LogP contribution in [0, 0.1) is 0 Å². The van der Waals surface area contributed by atoms with Crippen LogP contribution in [0.2, 0.25) is 5.02 Å². The van der Waals surface area contributed by atoms with E-state index in [0.29, 0.717) is 30.0 Å². The van der Waals surface area contributed by atoms with Crippen molar-refractivity contribution in [2.45, 2.75) is 19.3 Å². The van der Waals surface area contributed by atoms with E-state index in [1.165, 1.54) is 0 Å². The standard InChI is InChI=1S/C19H21ClO5S/c20-17-7-3-16(4-8-17)11-13-26(23,24)12-1-2-15-5-9-18(10-6-15)25-14-19(21)22/h3-10H,1-2,11-14H2,(H,21,22). The van der Waals surface area contributed by atoms with Crippen LogP contribution < -0.4 is 4.74 Å². The minimum absolute atomic E-state index is 0.122. The van der Waals surface area contributed by atoms with Crippen molar-refractivity contribution in [3.8, 4) is 5.75 Å². The fraction of sp³-hybridized carbons (Fsp3) is 0.316. The summed E-state index contributed by atoms with van der Waals surface area (Å²) in [5, 5.41) is 9.20. The fourth-order valence-corrected chi connectivity index (χ4v) is 3.88. The molecule has 0 unspecified atom stereocenters. The highest BCUT2D eigenvalue weighted by atomic mass is 35.5. The molecule has 0 aliphatic carbocycles. The number of sulfone groups is 1. The summed E-state index contributed by atoms with van der Waals surface area (Å²) in [5.74, 6) is -0.293. The Bertz CT molecular complexity index is 814. The van der Waals surface area contributed by atoms with Gasteiger partial charge in [0, 0.05) is 5.02 Å². The summed E-state index contributed by atoms with van der Waals surface area (Å²) in [4.78, 5) is 10.4. The summed E-state index contributed by atoms with van der Waals surface area (Å²) in [7, 11) is -3.11. The van der Waals surface area contributed by atoms with Crippen molar-refractivity contribution in [1.29, 1.82) is 0 Å². The number of rotatable bonds is 10. The van der Waals surface area contributed by atoms with Gasteiger partial charge in [0.25, 0.3) is 0 Å². The summed E-state index contributed by atoms with van der Waals surface area (Å²) < 4.78 is 29.4. The van der Waals surface area contributed by atoms with Crippen molar-refractivity contribution in [2.75, 3.05) is 18.1 Å². The molecule has 0 heterocycles. The molecule has 0 atom stereocenters. The van der Waals surface area contributed by atoms with Gasteiger partial charge >= 0.3 is 5.97 Å². The normalized spacial score (nSPS) is 11.3. The lowest BCUT2D eigenvalue weighted by Gasteiger charge is -2.07. The Morgan fingerprint density at radius 3 is 2.12 bits per heavy atom. The minimum Gasteiger partial charge on any atom is -0.482 e. The number of benzene rings is 2. The second-order valence-electron chi connectivity index (χ2n) is 5.96. The molecule has 0 aliphatic heterocycles. The van der Waals surface area contributed by atoms with Crippen molar-refractivity contribution < 1.29 is 23.1 Å². The zero-order valence-electron chi connectivity index (χ0n) is 14.2. The molecule has 140 valence electrons. The Morgan fingerprint density at radius 1 is 0.923 bits per heavy atom. The molecule has 0 saturated carbocycles. The molecule has 0 saturated heterocycles. The van der Waals surface area contributed by atoms with Gasteiger partial charge in [-0.1, -0.05) is 35.9 Å². The summed E-state index contributed by atoms with van der Waals surface area (Å²) in [6.07, 6.45) is 1.66. The molecule has 1 N–H and O–H groups in total. The van der Waals surface area contributed by atoms with E-state index < -0.39 is 15.8 Å². The van der Waals surface area contributed by atoms with Crippen molar-refractivity contribution >= 4 is 27.4 Å². The molecule has 2 aromatic rings. The van der Waals surface area contributed by atoms with Crippen molar-refractivity contribution in [3.05, 3.63) is 64.7 Å². The average Bonchev–Trinajstić information content (AvgIpc) is 2.60. The molecule has 7 heteroatoms. The summed E-state index contributed by atoms with van der Waals surface area (Å²) in [6.45, 7) is -0.384. The predicted molar refractivity (Wildman–Crippen MR) is 102 cm³/mol. The second-order valence-corrected chi connectivity index (χ2v) is 8.70. The molecule has 0 aromatic heterocycles. The Labute approximate surface area is 158 Å². The maximum Gasteiger partial charge on any atom is 0.341 e. The van der Waals surface area contributed by atoms with E-state index in [1.54, 1.807) is 24.3 Å². The number of halogens is 1. The molecule has 5 nitrogen and oxygen atoms in total. The lowest BCUT2D eigenvalue weighted by Crippen LogP contribution is -2.13. The molecule has 0 fully saturated rings. The largest absolute Gasteiger partial charge is 0.482 e. The SMILES string of the molecule is O=C(O)COc1ccc(CCCS(=O)(=O)CCc2ccc(Cl)cc2)cc1. The van der Waals surface area contributed by atoms with Crippen LogP contribution in [0.15, 0.2) is 48.5 Å². The van der Waals surface area contributed by atoms with Crippen LogP contribution in [-0.2, 0) is 27.5 Å². The first-order valence-electron chi connectivity index (χ1n) is 8.22. The molecule has 2 aromatic carbocycles. The fourth-order valence-electron chi connectivity index (χ4n) is 2.42. The van der Waals surface area contributed by atoms with E-state index in [9.17, 15) is 13.2 Å². The first kappa shape index (κ1) is 20.3. The average molecular weight is 397 g/mol. The number of hydrogen-bond acceptors (Lipinski definition) is 4. The lowest BCUT2D eigenvalue weighted by atomic mass is 10.1. The number of ether oxygens (including phenoxy) is 1. The van der Waals surface area contributed by atoms with Crippen molar-refractivity contribution in [3.63, 3.8) is 0 Å². The van der Waals surface area contributed by atoms with Gasteiger partial charge in [0.2, 0.25) is 0 Å². The van der Waals surface area contributed by atoms with Gasteiger partial charge in [0.1, 0.15) is 5.75 Å². The summed E-state index contributed by atoms with van der Waals surface area (Å²) in [6, 6.07) is 14.2. The zero-order valence-corrected chi connectivity index (χ0v) is 15.8. The maximum atomic E-state index is 12.2. The Hall–Kier alpha value is -2.05. The van der Waals surface area contributed by atoms with Crippen LogP contribution in [0.5, 0.6) is 5.75 Å². The molecular weight excluding hydrogens is 376 g/mol. The van der Waals surface area contributed by atoms with E-state index in [2.05, 4.69) is 0 Å². The zero-order chi connectivity index (χ0) is 19.0. The topological polar surface area (TPSA) is 80.7 Å². The monoisotopic (exact) mass is 396 g/mol. The van der Waals surface area contributed by atoms with Gasteiger partial charge < -0.3 is 9.84 Å². The third-order valence-electron chi connectivity index (χ3n) is 3.82. The Morgan fingerprint density at radius 2 is 1.50 bits per heavy atom. The number of carbonyl (C=O) groups is 1. The van der Waals surface area contributed by atoms with Crippen LogP contribution >= 0.6 is 11.6 Å². The molecule has 0 spiro atoms. The first-order valence-corrected chi connectivity index (χ1v) is 10.4. The number of aryl methyl sites for hydroxylation is 2. The Kier molecular flexibility index (Phi) is 7.48. The van der Waals surface area contributed by atoms with E-state index in [1.807, 2.05) is 24.3 Å². The van der Waals surface area contributed by atoms with Gasteiger partial charge in [-0.05, 0) is 54.7 Å². The Balaban J connectivity index is 1.75. The highest BCUT2D eigenvalue weighted by Gasteiger charge is 2.11. The van der Waals surface area contributed by atoms with Gasteiger partial charge in [-0.2, -0.15) is 0 Å². The lowest BCUT2D eigenvalue weighted by molar-refractivity contribution is -0.139. The van der Waals surface area contributed by atoms with E-state index in [4.69, 9.17) is 21.4 Å². The minimum atomic E-state index is -3.11. The number of carboxylic acids is 1. The summed E-state index contributed by atoms with van der Waals surface area (Å²) in [5.41, 5.74) is 1.94. The molecule has 0 radical (unpaired) electrons. The number of hydrogen-bond donors (Lipinski definition) is 1. The molecule has 0 amide bonds.